The number of nitriles is 1. The van der Waals surface area contributed by atoms with Gasteiger partial charge in [0.2, 0.25) is 0 Å². The zero-order chi connectivity index (χ0) is 13.8. The number of nitrogen functional groups attached to an aromatic ring is 1. The summed E-state index contributed by atoms with van der Waals surface area (Å²) in [6, 6.07) is 10.5. The topological polar surface area (TPSA) is 91.8 Å². The average molecular weight is 252 g/mol. The van der Waals surface area contributed by atoms with Gasteiger partial charge in [-0.05, 0) is 37.3 Å². The maximum atomic E-state index is 11.2. The molecule has 0 saturated carbocycles. The van der Waals surface area contributed by atoms with Crippen LogP contribution in [0.2, 0.25) is 0 Å². The molecule has 1 aromatic heterocycles. The summed E-state index contributed by atoms with van der Waals surface area (Å²) in [5, 5.41) is 12.0. The molecule has 0 aliphatic carbocycles. The van der Waals surface area contributed by atoms with Gasteiger partial charge in [0.1, 0.15) is 11.9 Å². The zero-order valence-electron chi connectivity index (χ0n) is 10.3. The number of anilines is 3. The van der Waals surface area contributed by atoms with Crippen molar-refractivity contribution in [1.82, 2.24) is 4.98 Å². The first-order chi connectivity index (χ1) is 9.10. The zero-order valence-corrected chi connectivity index (χ0v) is 10.3. The molecule has 0 aliphatic rings. The molecule has 2 rings (SSSR count). The van der Waals surface area contributed by atoms with E-state index >= 15 is 0 Å². The first-order valence-electron chi connectivity index (χ1n) is 5.64. The molecule has 0 amide bonds. The second-order valence-corrected chi connectivity index (χ2v) is 4.04. The molecule has 1 heterocycles. The number of hydrogen-bond donors (Lipinski definition) is 2. The maximum absolute atomic E-state index is 11.2. The molecule has 0 saturated heterocycles. The number of benzene rings is 1. The summed E-state index contributed by atoms with van der Waals surface area (Å²) in [6.07, 6.45) is 1.48. The van der Waals surface area contributed by atoms with Gasteiger partial charge in [-0.1, -0.05) is 0 Å². The lowest BCUT2D eigenvalue weighted by atomic mass is 10.1. The van der Waals surface area contributed by atoms with Crippen molar-refractivity contribution in [3.8, 4) is 6.07 Å². The number of Topliss-reactive ketones (excluding diaryl/α,β-unsaturated/α-hetero) is 1. The van der Waals surface area contributed by atoms with Crippen molar-refractivity contribution in [1.29, 1.82) is 5.26 Å². The summed E-state index contributed by atoms with van der Waals surface area (Å²) in [5.41, 5.74) is 7.76. The van der Waals surface area contributed by atoms with E-state index in [9.17, 15) is 4.79 Å². The van der Waals surface area contributed by atoms with Gasteiger partial charge < -0.3 is 11.1 Å². The molecule has 0 atom stereocenters. The van der Waals surface area contributed by atoms with E-state index in [-0.39, 0.29) is 5.78 Å². The molecule has 0 fully saturated rings. The van der Waals surface area contributed by atoms with Crippen molar-refractivity contribution in [2.45, 2.75) is 6.92 Å². The van der Waals surface area contributed by atoms with E-state index in [1.807, 2.05) is 6.07 Å². The minimum Gasteiger partial charge on any atom is -0.397 e. The van der Waals surface area contributed by atoms with Crippen LogP contribution in [0.15, 0.2) is 36.5 Å². The van der Waals surface area contributed by atoms with Crippen LogP contribution in [0.5, 0.6) is 0 Å². The third kappa shape index (κ3) is 2.87. The van der Waals surface area contributed by atoms with Crippen molar-refractivity contribution in [2.75, 3.05) is 11.1 Å². The number of nitrogens with one attached hydrogen (secondary N) is 1. The van der Waals surface area contributed by atoms with Crippen LogP contribution in [0.3, 0.4) is 0 Å². The number of ketones is 1. The lowest BCUT2D eigenvalue weighted by Crippen LogP contribution is -1.99. The van der Waals surface area contributed by atoms with E-state index < -0.39 is 0 Å². The lowest BCUT2D eigenvalue weighted by molar-refractivity contribution is 0.101. The Hall–Kier alpha value is -2.87. The van der Waals surface area contributed by atoms with Gasteiger partial charge in [0, 0.05) is 11.3 Å². The molecule has 0 spiro atoms. The third-order valence-corrected chi connectivity index (χ3v) is 2.58. The van der Waals surface area contributed by atoms with Gasteiger partial charge in [-0.25, -0.2) is 4.98 Å². The fourth-order valence-corrected chi connectivity index (χ4v) is 1.59. The SMILES string of the molecule is CC(=O)c1ccc(Nc2ncc(N)cc2C#N)cc1. The molecular formula is C14H12N4O. The van der Waals surface area contributed by atoms with E-state index in [1.165, 1.54) is 13.1 Å². The molecule has 5 heteroatoms. The molecular weight excluding hydrogens is 240 g/mol. The van der Waals surface area contributed by atoms with Crippen molar-refractivity contribution in [3.63, 3.8) is 0 Å². The predicted octanol–water partition coefficient (Wildman–Crippen LogP) is 2.48. The highest BCUT2D eigenvalue weighted by atomic mass is 16.1. The third-order valence-electron chi connectivity index (χ3n) is 2.58. The molecule has 0 radical (unpaired) electrons. The first kappa shape index (κ1) is 12.6. The van der Waals surface area contributed by atoms with Crippen molar-refractivity contribution in [3.05, 3.63) is 47.7 Å². The number of nitrogens with two attached hydrogens (primary N) is 1. The highest BCUT2D eigenvalue weighted by molar-refractivity contribution is 5.94. The van der Waals surface area contributed by atoms with E-state index in [2.05, 4.69) is 10.3 Å². The van der Waals surface area contributed by atoms with Gasteiger partial charge in [-0.15, -0.1) is 0 Å². The maximum Gasteiger partial charge on any atom is 0.159 e. The quantitative estimate of drug-likeness (QED) is 0.819. The normalized spacial score (nSPS) is 9.68. The summed E-state index contributed by atoms with van der Waals surface area (Å²) in [6.45, 7) is 1.51. The molecule has 0 aliphatic heterocycles. The van der Waals surface area contributed by atoms with Crippen LogP contribution < -0.4 is 11.1 Å². The molecule has 0 unspecified atom stereocenters. The monoisotopic (exact) mass is 252 g/mol. The summed E-state index contributed by atoms with van der Waals surface area (Å²) in [5.74, 6) is 0.446. The minimum atomic E-state index is 0.00914. The Morgan fingerprint density at radius 3 is 2.63 bits per heavy atom. The molecule has 5 nitrogen and oxygen atoms in total. The molecule has 94 valence electrons. The minimum absolute atomic E-state index is 0.00914. The van der Waals surface area contributed by atoms with Gasteiger partial charge in [-0.3, -0.25) is 4.79 Å². The van der Waals surface area contributed by atoms with Gasteiger partial charge in [-0.2, -0.15) is 5.26 Å². The number of carbonyl (C=O) groups excluding carboxylic acids is 1. The van der Waals surface area contributed by atoms with Crippen LogP contribution in [0.1, 0.15) is 22.8 Å². The second kappa shape index (κ2) is 5.19. The Morgan fingerprint density at radius 1 is 1.37 bits per heavy atom. The van der Waals surface area contributed by atoms with Crippen LogP contribution >= 0.6 is 0 Å². The smallest absolute Gasteiger partial charge is 0.159 e. The Morgan fingerprint density at radius 2 is 2.05 bits per heavy atom. The Balaban J connectivity index is 2.26. The van der Waals surface area contributed by atoms with Crippen molar-refractivity contribution in [2.24, 2.45) is 0 Å². The van der Waals surface area contributed by atoms with Gasteiger partial charge in [0.25, 0.3) is 0 Å². The first-order valence-corrected chi connectivity index (χ1v) is 5.64. The summed E-state index contributed by atoms with van der Waals surface area (Å²) in [7, 11) is 0. The number of carbonyl (C=O) groups is 1. The lowest BCUT2D eigenvalue weighted by Gasteiger charge is -2.08. The van der Waals surface area contributed by atoms with Gasteiger partial charge >= 0.3 is 0 Å². The van der Waals surface area contributed by atoms with E-state index in [4.69, 9.17) is 11.0 Å². The van der Waals surface area contributed by atoms with Crippen LogP contribution in [-0.2, 0) is 0 Å². The summed E-state index contributed by atoms with van der Waals surface area (Å²) >= 11 is 0. The second-order valence-electron chi connectivity index (χ2n) is 4.04. The largest absolute Gasteiger partial charge is 0.397 e. The summed E-state index contributed by atoms with van der Waals surface area (Å²) < 4.78 is 0. The van der Waals surface area contributed by atoms with E-state index in [1.54, 1.807) is 30.3 Å². The Kier molecular flexibility index (Phi) is 3.44. The molecule has 1 aromatic carbocycles. The Bertz CT molecular complexity index is 656. The fraction of sp³-hybridized carbons (Fsp3) is 0.0714. The molecule has 2 aromatic rings. The number of pyridine rings is 1. The van der Waals surface area contributed by atoms with E-state index in [0.29, 0.717) is 22.6 Å². The van der Waals surface area contributed by atoms with Crippen molar-refractivity contribution >= 4 is 23.0 Å². The van der Waals surface area contributed by atoms with Crippen LogP contribution in [0, 0.1) is 11.3 Å². The number of hydrogen-bond acceptors (Lipinski definition) is 5. The number of nitrogens with zero attached hydrogens (tertiary/aromatic N) is 2. The van der Waals surface area contributed by atoms with Gasteiger partial charge in [0.15, 0.2) is 5.78 Å². The van der Waals surface area contributed by atoms with E-state index in [0.717, 1.165) is 5.69 Å². The highest BCUT2D eigenvalue weighted by Crippen LogP contribution is 2.20. The number of aromatic nitrogens is 1. The average Bonchev–Trinajstić information content (AvgIpc) is 2.41. The highest BCUT2D eigenvalue weighted by Gasteiger charge is 2.05. The predicted molar refractivity (Wildman–Crippen MR) is 73.1 cm³/mol. The Labute approximate surface area is 110 Å². The van der Waals surface area contributed by atoms with Crippen LogP contribution in [0.25, 0.3) is 0 Å². The molecule has 19 heavy (non-hydrogen) atoms. The van der Waals surface area contributed by atoms with Crippen molar-refractivity contribution < 1.29 is 4.79 Å². The summed E-state index contributed by atoms with van der Waals surface area (Å²) in [4.78, 5) is 15.2. The standard InChI is InChI=1S/C14H12N4O/c1-9(19)10-2-4-13(5-3-10)18-14-11(7-15)6-12(16)8-17-14/h2-6,8H,16H2,1H3,(H,17,18). The van der Waals surface area contributed by atoms with Gasteiger partial charge in [0.05, 0.1) is 17.4 Å². The number of rotatable bonds is 3. The molecule has 3 N–H and O–H groups in total. The fourth-order valence-electron chi connectivity index (χ4n) is 1.59. The molecule has 0 bridgehead atoms. The van der Waals surface area contributed by atoms with Crippen LogP contribution in [0.4, 0.5) is 17.2 Å². The van der Waals surface area contributed by atoms with Crippen LogP contribution in [-0.4, -0.2) is 10.8 Å².